The van der Waals surface area contributed by atoms with Gasteiger partial charge in [-0.25, -0.2) is 0 Å². The number of ketones is 1. The van der Waals surface area contributed by atoms with Crippen LogP contribution in [0.25, 0.3) is 0 Å². The van der Waals surface area contributed by atoms with E-state index in [1.54, 1.807) is 58.9 Å². The van der Waals surface area contributed by atoms with Gasteiger partial charge in [0.25, 0.3) is 0 Å². The van der Waals surface area contributed by atoms with Crippen molar-refractivity contribution in [1.29, 1.82) is 0 Å². The number of Topliss-reactive ketones (excluding diaryl/α,β-unsaturated/α-hetero) is 1. The smallest absolute Gasteiger partial charge is 0.316 e. The maximum atomic E-state index is 12.6. The molecule has 0 radical (unpaired) electrons. The van der Waals surface area contributed by atoms with E-state index in [9.17, 15) is 14.4 Å². The Balaban J connectivity index is 2.04. The van der Waals surface area contributed by atoms with Crippen LogP contribution in [-0.2, 0) is 19.7 Å². The Bertz CT molecular complexity index is 839. The molecule has 1 N–H and O–H groups in total. The number of carbonyl (C=O) groups is 3. The van der Waals surface area contributed by atoms with Crippen molar-refractivity contribution in [1.82, 2.24) is 0 Å². The summed E-state index contributed by atoms with van der Waals surface area (Å²) in [6, 6.07) is 15.9. The lowest BCUT2D eigenvalue weighted by Gasteiger charge is -2.25. The van der Waals surface area contributed by atoms with E-state index < -0.39 is 17.5 Å². The topological polar surface area (TPSA) is 72.5 Å². The van der Waals surface area contributed by atoms with E-state index in [1.807, 2.05) is 30.3 Å². The van der Waals surface area contributed by atoms with Gasteiger partial charge in [0.15, 0.2) is 6.10 Å². The number of esters is 1. The summed E-state index contributed by atoms with van der Waals surface area (Å²) in [5, 5.41) is 2.77. The highest BCUT2D eigenvalue weighted by Gasteiger charge is 2.33. The molecule has 148 valence electrons. The SMILES string of the molecule is CC(C)C(=O)Nc1ccc(C(=O)[C@@H](C)OC(=O)C(C)(C)c2ccccc2)cc1. The van der Waals surface area contributed by atoms with Gasteiger partial charge in [0.2, 0.25) is 11.7 Å². The summed E-state index contributed by atoms with van der Waals surface area (Å²) < 4.78 is 5.45. The van der Waals surface area contributed by atoms with Gasteiger partial charge in [-0.15, -0.1) is 0 Å². The highest BCUT2D eigenvalue weighted by Crippen LogP contribution is 2.25. The minimum absolute atomic E-state index is 0.0930. The van der Waals surface area contributed by atoms with Crippen molar-refractivity contribution in [2.75, 3.05) is 5.32 Å². The molecule has 1 atom stereocenters. The van der Waals surface area contributed by atoms with Crippen LogP contribution in [0.5, 0.6) is 0 Å². The monoisotopic (exact) mass is 381 g/mol. The summed E-state index contributed by atoms with van der Waals surface area (Å²) in [6.45, 7) is 8.72. The Labute approximate surface area is 166 Å². The molecule has 0 bridgehead atoms. The Morgan fingerprint density at radius 3 is 2.00 bits per heavy atom. The third-order valence-corrected chi connectivity index (χ3v) is 4.62. The molecule has 5 nitrogen and oxygen atoms in total. The van der Waals surface area contributed by atoms with Gasteiger partial charge in [0.1, 0.15) is 0 Å². The van der Waals surface area contributed by atoms with Crippen molar-refractivity contribution >= 4 is 23.3 Å². The van der Waals surface area contributed by atoms with Crippen molar-refractivity contribution in [3.63, 3.8) is 0 Å². The number of hydrogen-bond donors (Lipinski definition) is 1. The van der Waals surface area contributed by atoms with Crippen LogP contribution in [0, 0.1) is 5.92 Å². The molecule has 0 fully saturated rings. The second-order valence-electron chi connectivity index (χ2n) is 7.62. The fourth-order valence-corrected chi connectivity index (χ4v) is 2.57. The lowest BCUT2D eigenvalue weighted by molar-refractivity contribution is -0.152. The zero-order valence-electron chi connectivity index (χ0n) is 17.0. The van der Waals surface area contributed by atoms with Crippen LogP contribution in [0.4, 0.5) is 5.69 Å². The lowest BCUT2D eigenvalue weighted by atomic mass is 9.85. The number of rotatable bonds is 7. The summed E-state index contributed by atoms with van der Waals surface area (Å²) in [5.74, 6) is -0.974. The van der Waals surface area contributed by atoms with E-state index in [4.69, 9.17) is 4.74 Å². The van der Waals surface area contributed by atoms with E-state index in [-0.39, 0.29) is 17.6 Å². The zero-order chi connectivity index (χ0) is 20.9. The molecule has 2 aromatic carbocycles. The maximum absolute atomic E-state index is 12.6. The Morgan fingerprint density at radius 2 is 1.46 bits per heavy atom. The summed E-state index contributed by atoms with van der Waals surface area (Å²) in [7, 11) is 0. The molecule has 2 rings (SSSR count). The Kier molecular flexibility index (Phi) is 6.73. The fraction of sp³-hybridized carbons (Fsp3) is 0.348. The molecule has 0 aromatic heterocycles. The summed E-state index contributed by atoms with van der Waals surface area (Å²) in [6.07, 6.45) is -0.911. The molecule has 0 spiro atoms. The van der Waals surface area contributed by atoms with Gasteiger partial charge in [-0.2, -0.15) is 0 Å². The molecule has 0 saturated carbocycles. The first-order valence-corrected chi connectivity index (χ1v) is 9.34. The molecule has 0 unspecified atom stereocenters. The number of anilines is 1. The van der Waals surface area contributed by atoms with Crippen LogP contribution in [-0.4, -0.2) is 23.8 Å². The fourth-order valence-electron chi connectivity index (χ4n) is 2.57. The maximum Gasteiger partial charge on any atom is 0.316 e. The molecule has 5 heteroatoms. The number of nitrogens with one attached hydrogen (secondary N) is 1. The molecule has 2 aromatic rings. The van der Waals surface area contributed by atoms with Crippen molar-refractivity contribution in [3.8, 4) is 0 Å². The standard InChI is InChI=1S/C23H27NO4/c1-15(2)21(26)24-19-13-11-17(12-14-19)20(25)16(3)28-22(27)23(4,5)18-9-7-6-8-10-18/h6-16H,1-5H3,(H,24,26)/t16-/m1/s1. The Hall–Kier alpha value is -2.95. The molecule has 0 heterocycles. The van der Waals surface area contributed by atoms with Gasteiger partial charge in [-0.1, -0.05) is 44.2 Å². The number of ether oxygens (including phenoxy) is 1. The van der Waals surface area contributed by atoms with E-state index in [0.717, 1.165) is 5.56 Å². The first-order chi connectivity index (χ1) is 13.1. The summed E-state index contributed by atoms with van der Waals surface area (Å²) in [4.78, 5) is 37.0. The molecule has 28 heavy (non-hydrogen) atoms. The lowest BCUT2D eigenvalue weighted by Crippen LogP contribution is -2.35. The molecule has 1 amide bonds. The van der Waals surface area contributed by atoms with E-state index >= 15 is 0 Å². The third kappa shape index (κ3) is 5.06. The van der Waals surface area contributed by atoms with Gasteiger partial charge < -0.3 is 10.1 Å². The molecule has 0 aliphatic carbocycles. The predicted molar refractivity (Wildman–Crippen MR) is 109 cm³/mol. The largest absolute Gasteiger partial charge is 0.454 e. The first-order valence-electron chi connectivity index (χ1n) is 9.34. The minimum Gasteiger partial charge on any atom is -0.454 e. The first kappa shape index (κ1) is 21.4. The molecule has 0 aliphatic heterocycles. The van der Waals surface area contributed by atoms with Gasteiger partial charge >= 0.3 is 5.97 Å². The quantitative estimate of drug-likeness (QED) is 0.571. The number of carbonyl (C=O) groups excluding carboxylic acids is 3. The van der Waals surface area contributed by atoms with E-state index in [1.165, 1.54) is 0 Å². The Morgan fingerprint density at radius 1 is 0.893 bits per heavy atom. The van der Waals surface area contributed by atoms with Gasteiger partial charge in [-0.05, 0) is 50.6 Å². The van der Waals surface area contributed by atoms with Crippen LogP contribution in [0.3, 0.4) is 0 Å². The summed E-state index contributed by atoms with van der Waals surface area (Å²) in [5.41, 5.74) is 0.996. The van der Waals surface area contributed by atoms with Crippen LogP contribution >= 0.6 is 0 Å². The van der Waals surface area contributed by atoms with Gasteiger partial charge in [0, 0.05) is 17.2 Å². The van der Waals surface area contributed by atoms with E-state index in [0.29, 0.717) is 11.3 Å². The van der Waals surface area contributed by atoms with E-state index in [2.05, 4.69) is 5.32 Å². The predicted octanol–water partition coefficient (Wildman–Crippen LogP) is 4.37. The average molecular weight is 381 g/mol. The molecule has 0 aliphatic rings. The van der Waals surface area contributed by atoms with Crippen LogP contribution in [0.1, 0.15) is 50.5 Å². The molecular formula is C23H27NO4. The van der Waals surface area contributed by atoms with Gasteiger partial charge in [0.05, 0.1) is 5.41 Å². The van der Waals surface area contributed by atoms with Crippen LogP contribution < -0.4 is 5.32 Å². The number of hydrogen-bond acceptors (Lipinski definition) is 4. The van der Waals surface area contributed by atoms with Crippen molar-refractivity contribution in [3.05, 3.63) is 65.7 Å². The second-order valence-corrected chi connectivity index (χ2v) is 7.62. The van der Waals surface area contributed by atoms with Crippen LogP contribution in [0.2, 0.25) is 0 Å². The zero-order valence-corrected chi connectivity index (χ0v) is 17.0. The second kappa shape index (κ2) is 8.83. The average Bonchev–Trinajstić information content (AvgIpc) is 2.68. The van der Waals surface area contributed by atoms with Crippen LogP contribution in [0.15, 0.2) is 54.6 Å². The van der Waals surface area contributed by atoms with Crippen molar-refractivity contribution in [2.45, 2.75) is 46.1 Å². The number of benzene rings is 2. The highest BCUT2D eigenvalue weighted by atomic mass is 16.5. The highest BCUT2D eigenvalue weighted by molar-refractivity contribution is 6.01. The van der Waals surface area contributed by atoms with Crippen molar-refractivity contribution < 1.29 is 19.1 Å². The third-order valence-electron chi connectivity index (χ3n) is 4.62. The molecule has 0 saturated heterocycles. The number of amides is 1. The van der Waals surface area contributed by atoms with Crippen molar-refractivity contribution in [2.24, 2.45) is 5.92 Å². The normalized spacial score (nSPS) is 12.4. The molecular weight excluding hydrogens is 354 g/mol. The van der Waals surface area contributed by atoms with Gasteiger partial charge in [-0.3, -0.25) is 14.4 Å². The summed E-state index contributed by atoms with van der Waals surface area (Å²) >= 11 is 0. The minimum atomic E-state index is -0.911.